The molecule has 0 saturated carbocycles. The highest BCUT2D eigenvalue weighted by Gasteiger charge is 2.43. The Hall–Kier alpha value is -4.62. The molecule has 8 heterocycles. The third-order valence-electron chi connectivity index (χ3n) is 16.0. The van der Waals surface area contributed by atoms with E-state index in [1.165, 1.54) is 117 Å². The van der Waals surface area contributed by atoms with Crippen molar-refractivity contribution in [1.82, 2.24) is 18.9 Å². The molecule has 0 fully saturated rings. The molecule has 392 valence electrons. The van der Waals surface area contributed by atoms with Crippen LogP contribution in [0.5, 0.6) is 0 Å². The minimum absolute atomic E-state index is 0.320. The maximum Gasteiger partial charge on any atom is 0.262 e. The molecule has 6 aromatic heterocycles. The summed E-state index contributed by atoms with van der Waals surface area (Å²) in [5.74, 6) is -1.33. The summed E-state index contributed by atoms with van der Waals surface area (Å²) in [6.45, 7) is 11.4. The molecule has 0 aliphatic carbocycles. The van der Waals surface area contributed by atoms with Crippen molar-refractivity contribution in [1.29, 1.82) is 0 Å². The summed E-state index contributed by atoms with van der Waals surface area (Å²) in [5, 5.41) is 5.29. The Balaban J connectivity index is 1.14. The highest BCUT2D eigenvalue weighted by molar-refractivity contribution is 7.29. The minimum atomic E-state index is -0.335. The molecule has 0 spiro atoms. The van der Waals surface area contributed by atoms with Crippen LogP contribution in [0.25, 0.3) is 72.5 Å². The van der Waals surface area contributed by atoms with Gasteiger partial charge in [0.1, 0.15) is 0 Å². The lowest BCUT2D eigenvalue weighted by molar-refractivity contribution is 0.0587. The molecule has 10 rings (SSSR count). The van der Waals surface area contributed by atoms with Gasteiger partial charge >= 0.3 is 0 Å². The molecule has 2 aliphatic heterocycles. The molecular formula is C62H76N4O4S4. The number of aryl methyl sites for hydroxylation is 2. The van der Waals surface area contributed by atoms with E-state index in [1.54, 1.807) is 45.3 Å². The molecule has 8 nitrogen and oxygen atoms in total. The molecule has 8 aromatic rings. The van der Waals surface area contributed by atoms with Crippen LogP contribution in [-0.4, -0.2) is 55.7 Å². The van der Waals surface area contributed by atoms with Crippen molar-refractivity contribution in [3.05, 3.63) is 69.4 Å². The van der Waals surface area contributed by atoms with E-state index in [0.29, 0.717) is 57.2 Å². The lowest BCUT2D eigenvalue weighted by Crippen LogP contribution is -2.44. The standard InChI is InChI=1S/C62H76N4O4S4/c1-5-9-13-17-21-25-31-63-45-29-35-71-55(45)57-47(63)39-49(73-57)41-37-43-52-51-44(60(68)65(61(69)53(41)51)33-27-23-19-15-11-7-3)38-42(54(52)62(70)66(59(43)67)34-28-24-20-16-12-8-4)50-40-48-58(74-50)56-46(30-36-72-56)64(48)32-26-22-18-14-10-6-2/h29-30,35-40H,5-28,31-34H2,1-4H3. The van der Waals surface area contributed by atoms with Gasteiger partial charge in [-0.1, -0.05) is 156 Å². The summed E-state index contributed by atoms with van der Waals surface area (Å²) in [7, 11) is 0. The average Bonchev–Trinajstić information content (AvgIpc) is 4.31. The van der Waals surface area contributed by atoms with Gasteiger partial charge in [0.2, 0.25) is 0 Å². The Bertz CT molecular complexity index is 3100. The number of hydrogen-bond acceptors (Lipinski definition) is 8. The molecular weight excluding hydrogens is 993 g/mol. The van der Waals surface area contributed by atoms with Crippen molar-refractivity contribution in [2.45, 2.75) is 195 Å². The van der Waals surface area contributed by atoms with E-state index in [1.807, 2.05) is 12.1 Å². The summed E-state index contributed by atoms with van der Waals surface area (Å²) in [4.78, 5) is 66.4. The fraction of sp³-hybridized carbons (Fsp3) is 0.516. The first-order chi connectivity index (χ1) is 36.3. The van der Waals surface area contributed by atoms with Gasteiger partial charge in [-0.25, -0.2) is 0 Å². The fourth-order valence-corrected chi connectivity index (χ4v) is 16.5. The Morgan fingerprint density at radius 1 is 0.351 bits per heavy atom. The third-order valence-corrected chi connectivity index (χ3v) is 20.5. The van der Waals surface area contributed by atoms with Gasteiger partial charge in [-0.3, -0.25) is 29.0 Å². The molecule has 4 amide bonds. The minimum Gasteiger partial charge on any atom is -0.339 e. The first kappa shape index (κ1) is 52.8. The van der Waals surface area contributed by atoms with E-state index in [-0.39, 0.29) is 23.6 Å². The summed E-state index contributed by atoms with van der Waals surface area (Å²) in [6.07, 6.45) is 26.9. The SMILES string of the molecule is CCCCCCCCN1C(=O)c2cc(-c3cc4c(s3)c3sccc3n4CCCCCCCC)c3c4c(cc(-c5cc6c(s5)c5sccc5n6CCCCCCCC)c(c24)C1=O)C(=O)N(CCCCCCCC)C3=O. The predicted molar refractivity (Wildman–Crippen MR) is 317 cm³/mol. The molecule has 12 heteroatoms. The predicted octanol–water partition coefficient (Wildman–Crippen LogP) is 19.3. The van der Waals surface area contributed by atoms with Gasteiger partial charge in [-0.05, 0) is 72.8 Å². The van der Waals surface area contributed by atoms with Gasteiger partial charge in [0, 0.05) is 69.0 Å². The number of carbonyl (C=O) groups is 4. The zero-order valence-corrected chi connectivity index (χ0v) is 47.7. The van der Waals surface area contributed by atoms with Crippen LogP contribution < -0.4 is 0 Å². The van der Waals surface area contributed by atoms with Crippen LogP contribution in [0.1, 0.15) is 223 Å². The maximum absolute atomic E-state index is 15.5. The summed E-state index contributed by atoms with van der Waals surface area (Å²) in [6, 6.07) is 12.8. The number of nitrogens with zero attached hydrogens (tertiary/aromatic N) is 4. The van der Waals surface area contributed by atoms with Gasteiger partial charge in [0.25, 0.3) is 23.6 Å². The number of carbonyl (C=O) groups excluding carboxylic acids is 4. The number of aromatic nitrogens is 2. The molecule has 0 N–H and O–H groups in total. The number of thiophene rings is 4. The van der Waals surface area contributed by atoms with E-state index >= 15 is 19.2 Å². The van der Waals surface area contributed by atoms with Gasteiger partial charge in [0.05, 0.1) is 52.0 Å². The van der Waals surface area contributed by atoms with E-state index in [2.05, 4.69) is 71.9 Å². The number of rotatable bonds is 30. The monoisotopic (exact) mass is 1070 g/mol. The molecule has 2 aliphatic rings. The molecule has 0 saturated heterocycles. The smallest absolute Gasteiger partial charge is 0.262 e. The van der Waals surface area contributed by atoms with Crippen LogP contribution in [0.2, 0.25) is 0 Å². The van der Waals surface area contributed by atoms with Crippen LogP contribution in [0, 0.1) is 0 Å². The van der Waals surface area contributed by atoms with Crippen LogP contribution in [-0.2, 0) is 13.1 Å². The summed E-state index contributed by atoms with van der Waals surface area (Å²) in [5.41, 5.74) is 7.87. The average molecular weight is 1070 g/mol. The second-order valence-corrected chi connectivity index (χ2v) is 25.2. The Kier molecular flexibility index (Phi) is 17.2. The number of hydrogen-bond donors (Lipinski definition) is 0. The lowest BCUT2D eigenvalue weighted by Gasteiger charge is -2.34. The quantitative estimate of drug-likeness (QED) is 0.0332. The molecule has 0 unspecified atom stereocenters. The Morgan fingerprint density at radius 3 is 1.05 bits per heavy atom. The van der Waals surface area contributed by atoms with Gasteiger partial charge in [-0.15, -0.1) is 45.3 Å². The first-order valence-electron chi connectivity index (χ1n) is 28.7. The van der Waals surface area contributed by atoms with Crippen molar-refractivity contribution >= 4 is 121 Å². The van der Waals surface area contributed by atoms with Crippen LogP contribution in [0.4, 0.5) is 0 Å². The zero-order valence-electron chi connectivity index (χ0n) is 44.5. The number of benzene rings is 2. The van der Waals surface area contributed by atoms with E-state index in [4.69, 9.17) is 0 Å². The largest absolute Gasteiger partial charge is 0.339 e. The van der Waals surface area contributed by atoms with Crippen molar-refractivity contribution in [2.75, 3.05) is 13.1 Å². The van der Waals surface area contributed by atoms with Crippen LogP contribution in [0.15, 0.2) is 47.2 Å². The van der Waals surface area contributed by atoms with Gasteiger partial charge in [0.15, 0.2) is 0 Å². The topological polar surface area (TPSA) is 84.6 Å². The second kappa shape index (κ2) is 24.2. The molecule has 0 radical (unpaired) electrons. The fourth-order valence-electron chi connectivity index (χ4n) is 12.0. The summed E-state index contributed by atoms with van der Waals surface area (Å²) >= 11 is 6.88. The van der Waals surface area contributed by atoms with Crippen molar-refractivity contribution in [2.24, 2.45) is 0 Å². The molecule has 74 heavy (non-hydrogen) atoms. The maximum atomic E-state index is 15.5. The molecule has 2 aromatic carbocycles. The van der Waals surface area contributed by atoms with Crippen molar-refractivity contribution < 1.29 is 19.2 Å². The van der Waals surface area contributed by atoms with E-state index in [9.17, 15) is 0 Å². The summed E-state index contributed by atoms with van der Waals surface area (Å²) < 4.78 is 9.78. The normalized spacial score (nSPS) is 13.9. The number of fused-ring (bicyclic) bond motifs is 6. The molecule has 0 bridgehead atoms. The second-order valence-electron chi connectivity index (χ2n) is 21.3. The van der Waals surface area contributed by atoms with Crippen LogP contribution >= 0.6 is 45.3 Å². The molecule has 0 atom stereocenters. The van der Waals surface area contributed by atoms with Gasteiger partial charge in [-0.2, -0.15) is 0 Å². The number of imide groups is 2. The Labute approximate surface area is 454 Å². The highest BCUT2D eigenvalue weighted by Crippen LogP contribution is 2.51. The Morgan fingerprint density at radius 2 is 0.689 bits per heavy atom. The lowest BCUT2D eigenvalue weighted by atomic mass is 9.80. The van der Waals surface area contributed by atoms with E-state index in [0.717, 1.165) is 111 Å². The zero-order chi connectivity index (χ0) is 51.3. The van der Waals surface area contributed by atoms with Crippen molar-refractivity contribution in [3.63, 3.8) is 0 Å². The third kappa shape index (κ3) is 10.1. The first-order valence-corrected chi connectivity index (χ1v) is 32.1. The number of amides is 4. The van der Waals surface area contributed by atoms with Crippen LogP contribution in [0.3, 0.4) is 0 Å². The van der Waals surface area contributed by atoms with Crippen molar-refractivity contribution in [3.8, 4) is 20.9 Å². The van der Waals surface area contributed by atoms with E-state index < -0.39 is 0 Å². The highest BCUT2D eigenvalue weighted by atomic mass is 32.1. The van der Waals surface area contributed by atoms with Gasteiger partial charge < -0.3 is 9.13 Å². The number of unbranched alkanes of at least 4 members (excludes halogenated alkanes) is 20.